The van der Waals surface area contributed by atoms with E-state index in [1.807, 2.05) is 19.1 Å². The molecule has 1 saturated heterocycles. The van der Waals surface area contributed by atoms with E-state index in [4.69, 9.17) is 0 Å². The van der Waals surface area contributed by atoms with Crippen LogP contribution in [0.1, 0.15) is 42.5 Å². The summed E-state index contributed by atoms with van der Waals surface area (Å²) in [4.78, 5) is 41.8. The van der Waals surface area contributed by atoms with Gasteiger partial charge in [-0.05, 0) is 49.9 Å². The van der Waals surface area contributed by atoms with E-state index in [9.17, 15) is 14.4 Å². The molecule has 2 heterocycles. The molecule has 1 saturated carbocycles. The molecule has 0 unspecified atom stereocenters. The molecule has 27 heavy (non-hydrogen) atoms. The van der Waals surface area contributed by atoms with Crippen LogP contribution >= 0.6 is 0 Å². The maximum absolute atomic E-state index is 12.5. The second-order valence-electron chi connectivity index (χ2n) is 7.79. The van der Waals surface area contributed by atoms with Gasteiger partial charge >= 0.3 is 0 Å². The van der Waals surface area contributed by atoms with Crippen LogP contribution in [-0.4, -0.2) is 34.2 Å². The van der Waals surface area contributed by atoms with Crippen molar-refractivity contribution in [1.29, 1.82) is 0 Å². The number of nitrogens with one attached hydrogen (secondary N) is 2. The Morgan fingerprint density at radius 3 is 2.48 bits per heavy atom. The maximum Gasteiger partial charge on any atom is 0.240 e. The van der Waals surface area contributed by atoms with Crippen molar-refractivity contribution >= 4 is 28.6 Å². The lowest BCUT2D eigenvalue weighted by Crippen LogP contribution is -2.40. The van der Waals surface area contributed by atoms with Gasteiger partial charge in [0.15, 0.2) is 0 Å². The van der Waals surface area contributed by atoms with Gasteiger partial charge in [0.05, 0.1) is 11.8 Å². The Hall–Kier alpha value is -2.63. The predicted molar refractivity (Wildman–Crippen MR) is 102 cm³/mol. The lowest BCUT2D eigenvalue weighted by atomic mass is 9.81. The minimum Gasteiger partial charge on any atom is -0.358 e. The van der Waals surface area contributed by atoms with Crippen molar-refractivity contribution in [2.45, 2.75) is 46.1 Å². The fraction of sp³-hybridized carbons (Fsp3) is 0.476. The molecule has 2 atom stereocenters. The molecular formula is C21H25N3O3. The topological polar surface area (TPSA) is 82.3 Å². The molecule has 2 aromatic rings. The summed E-state index contributed by atoms with van der Waals surface area (Å²) in [7, 11) is 0. The zero-order valence-electron chi connectivity index (χ0n) is 15.8. The molecular weight excluding hydrogens is 342 g/mol. The van der Waals surface area contributed by atoms with E-state index < -0.39 is 0 Å². The molecule has 2 N–H and O–H groups in total. The summed E-state index contributed by atoms with van der Waals surface area (Å²) in [6.45, 7) is 4.32. The third kappa shape index (κ3) is 3.13. The first-order valence-electron chi connectivity index (χ1n) is 9.65. The van der Waals surface area contributed by atoms with Crippen molar-refractivity contribution < 1.29 is 14.4 Å². The number of aromatic amines is 1. The van der Waals surface area contributed by atoms with Crippen LogP contribution in [0.5, 0.6) is 0 Å². The zero-order valence-corrected chi connectivity index (χ0v) is 15.8. The number of benzene rings is 1. The van der Waals surface area contributed by atoms with Crippen LogP contribution in [0.25, 0.3) is 10.9 Å². The highest BCUT2D eigenvalue weighted by Gasteiger charge is 2.48. The van der Waals surface area contributed by atoms with Gasteiger partial charge in [0, 0.05) is 23.1 Å². The van der Waals surface area contributed by atoms with Crippen LogP contribution in [0.15, 0.2) is 18.2 Å². The van der Waals surface area contributed by atoms with E-state index in [2.05, 4.69) is 23.3 Å². The van der Waals surface area contributed by atoms with Gasteiger partial charge in [-0.25, -0.2) is 0 Å². The van der Waals surface area contributed by atoms with Gasteiger partial charge in [0.2, 0.25) is 17.7 Å². The van der Waals surface area contributed by atoms with Crippen LogP contribution in [0.2, 0.25) is 0 Å². The Bertz CT molecular complexity index is 906. The normalized spacial score (nSPS) is 22.4. The van der Waals surface area contributed by atoms with Gasteiger partial charge < -0.3 is 10.3 Å². The fourth-order valence-corrected chi connectivity index (χ4v) is 4.41. The number of nitrogens with zero attached hydrogens (tertiary/aromatic N) is 1. The van der Waals surface area contributed by atoms with Crippen LogP contribution in [0.3, 0.4) is 0 Å². The lowest BCUT2D eigenvalue weighted by molar-refractivity contribution is -0.143. The number of likely N-dealkylation sites (tertiary alicyclic amines) is 1. The highest BCUT2D eigenvalue weighted by molar-refractivity contribution is 6.07. The number of H-pyrrole nitrogens is 1. The van der Waals surface area contributed by atoms with Gasteiger partial charge in [0.1, 0.15) is 6.54 Å². The third-order valence-electron chi connectivity index (χ3n) is 6.10. The van der Waals surface area contributed by atoms with Gasteiger partial charge in [0.25, 0.3) is 0 Å². The summed E-state index contributed by atoms with van der Waals surface area (Å²) in [6.07, 6.45) is 3.51. The van der Waals surface area contributed by atoms with E-state index in [1.54, 1.807) is 0 Å². The standard InChI is InChI=1S/C21H25N3O3/c1-12-13(2)23-18-8-7-14(9-17(12)18)10-22-19(25)11-24-20(26)15-5-3-4-6-16(15)21(24)27/h7-9,15-16,23H,3-6,10-11H2,1-2H3,(H,22,25)/t15-,16-/m1/s1. The molecule has 3 amide bonds. The Morgan fingerprint density at radius 2 is 1.81 bits per heavy atom. The number of carbonyl (C=O) groups is 3. The maximum atomic E-state index is 12.5. The molecule has 1 aliphatic heterocycles. The fourth-order valence-electron chi connectivity index (χ4n) is 4.41. The Kier molecular flexibility index (Phi) is 4.50. The average Bonchev–Trinajstić information content (AvgIpc) is 3.09. The second kappa shape index (κ2) is 6.83. The van der Waals surface area contributed by atoms with Gasteiger partial charge in [-0.3, -0.25) is 19.3 Å². The molecule has 1 aromatic carbocycles. The van der Waals surface area contributed by atoms with Crippen molar-refractivity contribution in [3.05, 3.63) is 35.0 Å². The molecule has 1 aliphatic carbocycles. The van der Waals surface area contributed by atoms with E-state index in [0.717, 1.165) is 47.8 Å². The highest BCUT2D eigenvalue weighted by Crippen LogP contribution is 2.37. The summed E-state index contributed by atoms with van der Waals surface area (Å²) in [5, 5.41) is 3.99. The second-order valence-corrected chi connectivity index (χ2v) is 7.79. The SMILES string of the molecule is Cc1[nH]c2ccc(CNC(=O)CN3C(=O)[C@@H]4CCCC[C@H]4C3=O)cc2c1C. The summed E-state index contributed by atoms with van der Waals surface area (Å²) >= 11 is 0. The largest absolute Gasteiger partial charge is 0.358 e. The molecule has 0 spiro atoms. The zero-order chi connectivity index (χ0) is 19.1. The molecule has 2 fully saturated rings. The first-order chi connectivity index (χ1) is 13.0. The smallest absolute Gasteiger partial charge is 0.240 e. The monoisotopic (exact) mass is 367 g/mol. The number of rotatable bonds is 4. The Balaban J connectivity index is 1.39. The van der Waals surface area contributed by atoms with E-state index in [1.165, 1.54) is 10.5 Å². The minimum atomic E-state index is -0.294. The molecule has 6 heteroatoms. The van der Waals surface area contributed by atoms with Crippen LogP contribution in [0, 0.1) is 25.7 Å². The molecule has 6 nitrogen and oxygen atoms in total. The number of fused-ring (bicyclic) bond motifs is 2. The Labute approximate surface area is 158 Å². The molecule has 0 radical (unpaired) electrons. The van der Waals surface area contributed by atoms with Crippen molar-refractivity contribution in [1.82, 2.24) is 15.2 Å². The average molecular weight is 367 g/mol. The van der Waals surface area contributed by atoms with Crippen molar-refractivity contribution in [2.24, 2.45) is 11.8 Å². The van der Waals surface area contributed by atoms with Crippen LogP contribution in [-0.2, 0) is 20.9 Å². The number of amides is 3. The van der Waals surface area contributed by atoms with E-state index in [0.29, 0.717) is 6.54 Å². The predicted octanol–water partition coefficient (Wildman–Crippen LogP) is 2.58. The quantitative estimate of drug-likeness (QED) is 0.815. The molecule has 0 bridgehead atoms. The summed E-state index contributed by atoms with van der Waals surface area (Å²) in [5.74, 6) is -1.04. The number of hydrogen-bond acceptors (Lipinski definition) is 3. The summed E-state index contributed by atoms with van der Waals surface area (Å²) in [5.41, 5.74) is 4.41. The molecule has 4 rings (SSSR count). The number of imide groups is 1. The van der Waals surface area contributed by atoms with Gasteiger partial charge in [-0.15, -0.1) is 0 Å². The lowest BCUT2D eigenvalue weighted by Gasteiger charge is -2.19. The Morgan fingerprint density at radius 1 is 1.15 bits per heavy atom. The molecule has 2 aliphatic rings. The third-order valence-corrected chi connectivity index (χ3v) is 6.10. The molecule has 142 valence electrons. The number of aromatic nitrogens is 1. The number of hydrogen-bond donors (Lipinski definition) is 2. The van der Waals surface area contributed by atoms with Crippen LogP contribution < -0.4 is 5.32 Å². The van der Waals surface area contributed by atoms with E-state index >= 15 is 0 Å². The first-order valence-corrected chi connectivity index (χ1v) is 9.65. The number of aryl methyl sites for hydroxylation is 2. The minimum absolute atomic E-state index is 0.167. The van der Waals surface area contributed by atoms with Crippen molar-refractivity contribution in [3.8, 4) is 0 Å². The first kappa shape index (κ1) is 17.8. The summed E-state index contributed by atoms with van der Waals surface area (Å²) in [6, 6.07) is 6.04. The van der Waals surface area contributed by atoms with Gasteiger partial charge in [-0.1, -0.05) is 18.9 Å². The summed E-state index contributed by atoms with van der Waals surface area (Å²) < 4.78 is 0. The van der Waals surface area contributed by atoms with Crippen LogP contribution in [0.4, 0.5) is 0 Å². The van der Waals surface area contributed by atoms with Gasteiger partial charge in [-0.2, -0.15) is 0 Å². The highest BCUT2D eigenvalue weighted by atomic mass is 16.2. The number of carbonyl (C=O) groups excluding carboxylic acids is 3. The van der Waals surface area contributed by atoms with Crippen molar-refractivity contribution in [2.75, 3.05) is 6.54 Å². The van der Waals surface area contributed by atoms with E-state index in [-0.39, 0.29) is 36.1 Å². The molecule has 1 aromatic heterocycles. The van der Waals surface area contributed by atoms with Crippen molar-refractivity contribution in [3.63, 3.8) is 0 Å².